The molecule has 3 aromatic rings. The summed E-state index contributed by atoms with van der Waals surface area (Å²) < 4.78 is 2.05. The zero-order valence-electron chi connectivity index (χ0n) is 13.5. The first-order valence-electron chi connectivity index (χ1n) is 7.65. The number of nitro groups is 1. The Hall–Kier alpha value is -3.48. The summed E-state index contributed by atoms with van der Waals surface area (Å²) in [6.45, 7) is 1.97. The predicted octanol–water partition coefficient (Wildman–Crippen LogP) is 3.07. The molecule has 0 fully saturated rings. The molecule has 1 amide bonds. The Morgan fingerprint density at radius 3 is 2.64 bits per heavy atom. The number of benzene rings is 2. The zero-order valence-corrected chi connectivity index (χ0v) is 13.5. The first-order valence-corrected chi connectivity index (χ1v) is 7.65. The van der Waals surface area contributed by atoms with Crippen LogP contribution in [0.25, 0.3) is 10.9 Å². The van der Waals surface area contributed by atoms with E-state index in [0.717, 1.165) is 22.0 Å². The van der Waals surface area contributed by atoms with Gasteiger partial charge in [0.25, 0.3) is 5.69 Å². The Morgan fingerprint density at radius 2 is 1.96 bits per heavy atom. The van der Waals surface area contributed by atoms with E-state index in [1.165, 1.54) is 19.1 Å². The molecule has 25 heavy (non-hydrogen) atoms. The van der Waals surface area contributed by atoms with Crippen LogP contribution in [0.15, 0.2) is 59.8 Å². The number of carbonyl (C=O) groups is 1. The maximum Gasteiger partial charge on any atom is 0.269 e. The van der Waals surface area contributed by atoms with Gasteiger partial charge in [0.05, 0.1) is 11.1 Å². The van der Waals surface area contributed by atoms with Crippen LogP contribution in [-0.2, 0) is 11.3 Å². The summed E-state index contributed by atoms with van der Waals surface area (Å²) in [6.07, 6.45) is 3.55. The molecule has 0 unspecified atom stereocenters. The molecular weight excluding hydrogens is 320 g/mol. The lowest BCUT2D eigenvalue weighted by atomic mass is 10.2. The molecule has 7 nitrogen and oxygen atoms in total. The van der Waals surface area contributed by atoms with Gasteiger partial charge in [-0.15, -0.1) is 0 Å². The van der Waals surface area contributed by atoms with E-state index in [1.54, 1.807) is 18.3 Å². The van der Waals surface area contributed by atoms with Gasteiger partial charge in [-0.05, 0) is 11.6 Å². The fraction of sp³-hybridized carbons (Fsp3) is 0.111. The minimum atomic E-state index is -0.411. The maximum atomic E-state index is 10.9. The molecular formula is C18H16N4O3. The number of fused-ring (bicyclic) bond motifs is 1. The molecule has 3 rings (SSSR count). The van der Waals surface area contributed by atoms with Gasteiger partial charge in [-0.1, -0.05) is 30.3 Å². The summed E-state index contributed by atoms with van der Waals surface area (Å²) in [5.41, 5.74) is 5.32. The van der Waals surface area contributed by atoms with Crippen molar-refractivity contribution in [2.24, 2.45) is 5.10 Å². The molecule has 0 radical (unpaired) electrons. The zero-order chi connectivity index (χ0) is 17.8. The summed E-state index contributed by atoms with van der Waals surface area (Å²) in [4.78, 5) is 21.3. The van der Waals surface area contributed by atoms with Gasteiger partial charge >= 0.3 is 0 Å². The van der Waals surface area contributed by atoms with E-state index in [9.17, 15) is 14.9 Å². The largest absolute Gasteiger partial charge is 0.342 e. The topological polar surface area (TPSA) is 89.5 Å². The molecule has 7 heteroatoms. The summed E-state index contributed by atoms with van der Waals surface area (Å²) in [7, 11) is 0. The smallest absolute Gasteiger partial charge is 0.269 e. The van der Waals surface area contributed by atoms with Crippen molar-refractivity contribution >= 4 is 28.7 Å². The Morgan fingerprint density at radius 1 is 1.24 bits per heavy atom. The van der Waals surface area contributed by atoms with Crippen molar-refractivity contribution in [3.8, 4) is 0 Å². The van der Waals surface area contributed by atoms with Gasteiger partial charge in [-0.25, -0.2) is 5.43 Å². The Kier molecular flexibility index (Phi) is 4.56. The van der Waals surface area contributed by atoms with Crippen molar-refractivity contribution in [1.29, 1.82) is 0 Å². The van der Waals surface area contributed by atoms with Gasteiger partial charge < -0.3 is 4.57 Å². The number of nitrogens with zero attached hydrogens (tertiary/aromatic N) is 3. The minimum Gasteiger partial charge on any atom is -0.342 e. The Balaban J connectivity index is 1.92. The van der Waals surface area contributed by atoms with Gasteiger partial charge in [0.2, 0.25) is 5.91 Å². The molecule has 126 valence electrons. The van der Waals surface area contributed by atoms with E-state index < -0.39 is 4.92 Å². The third kappa shape index (κ3) is 3.72. The van der Waals surface area contributed by atoms with Gasteiger partial charge in [0.1, 0.15) is 0 Å². The molecule has 0 saturated carbocycles. The van der Waals surface area contributed by atoms with E-state index in [-0.39, 0.29) is 11.6 Å². The Labute approximate surface area is 143 Å². The SMILES string of the molecule is CC(=O)N/N=C\c1cn(Cc2ccc([N+](=O)[O-])cc2)c2ccccc12. The number of carbonyl (C=O) groups excluding carboxylic acids is 1. The molecule has 1 aromatic heterocycles. The average Bonchev–Trinajstić information content (AvgIpc) is 2.93. The highest BCUT2D eigenvalue weighted by Gasteiger charge is 2.09. The molecule has 0 aliphatic heterocycles. The molecule has 0 atom stereocenters. The van der Waals surface area contributed by atoms with Crippen molar-refractivity contribution in [1.82, 2.24) is 9.99 Å². The summed E-state index contributed by atoms with van der Waals surface area (Å²) >= 11 is 0. The van der Waals surface area contributed by atoms with E-state index >= 15 is 0 Å². The lowest BCUT2D eigenvalue weighted by Crippen LogP contribution is -2.12. The number of aromatic nitrogens is 1. The number of hydrogen-bond donors (Lipinski definition) is 1. The molecule has 0 saturated heterocycles. The highest BCUT2D eigenvalue weighted by molar-refractivity contribution is 5.99. The van der Waals surface area contributed by atoms with E-state index in [4.69, 9.17) is 0 Å². The van der Waals surface area contributed by atoms with Crippen molar-refractivity contribution in [3.05, 3.63) is 76.0 Å². The highest BCUT2D eigenvalue weighted by atomic mass is 16.6. The summed E-state index contributed by atoms with van der Waals surface area (Å²) in [5.74, 6) is -0.231. The van der Waals surface area contributed by atoms with Crippen molar-refractivity contribution in [2.75, 3.05) is 0 Å². The highest BCUT2D eigenvalue weighted by Crippen LogP contribution is 2.22. The molecule has 0 spiro atoms. The second-order valence-corrected chi connectivity index (χ2v) is 5.58. The van der Waals surface area contributed by atoms with E-state index in [1.807, 2.05) is 35.0 Å². The maximum absolute atomic E-state index is 10.9. The number of non-ortho nitro benzene ring substituents is 1. The minimum absolute atomic E-state index is 0.0734. The number of nitro benzene ring substituents is 1. The van der Waals surface area contributed by atoms with Gasteiger partial charge in [0.15, 0.2) is 0 Å². The first kappa shape index (κ1) is 16.4. The standard InChI is InChI=1S/C18H16N4O3/c1-13(23)20-19-10-15-12-21(18-5-3-2-4-17(15)18)11-14-6-8-16(9-7-14)22(24)25/h2-10,12H,11H2,1H3,(H,20,23)/b19-10-. The van der Waals surface area contributed by atoms with Crippen LogP contribution in [0.4, 0.5) is 5.69 Å². The number of para-hydroxylation sites is 1. The van der Waals surface area contributed by atoms with Crippen LogP contribution in [-0.4, -0.2) is 21.6 Å². The molecule has 0 aliphatic rings. The third-order valence-electron chi connectivity index (χ3n) is 3.75. The quantitative estimate of drug-likeness (QED) is 0.441. The predicted molar refractivity (Wildman–Crippen MR) is 95.5 cm³/mol. The lowest BCUT2D eigenvalue weighted by Gasteiger charge is -2.05. The van der Waals surface area contributed by atoms with Crippen LogP contribution in [0, 0.1) is 10.1 Å². The van der Waals surface area contributed by atoms with Crippen LogP contribution >= 0.6 is 0 Å². The second kappa shape index (κ2) is 6.96. The number of hydrogen-bond acceptors (Lipinski definition) is 4. The summed E-state index contributed by atoms with van der Waals surface area (Å²) in [6, 6.07) is 14.4. The van der Waals surface area contributed by atoms with Crippen molar-refractivity contribution in [3.63, 3.8) is 0 Å². The monoisotopic (exact) mass is 336 g/mol. The molecule has 1 heterocycles. The van der Waals surface area contributed by atoms with Crippen molar-refractivity contribution < 1.29 is 9.72 Å². The normalized spacial score (nSPS) is 11.1. The van der Waals surface area contributed by atoms with Gasteiger partial charge in [-0.3, -0.25) is 14.9 Å². The average molecular weight is 336 g/mol. The van der Waals surface area contributed by atoms with Gasteiger partial charge in [0, 0.05) is 48.3 Å². The molecule has 1 N–H and O–H groups in total. The fourth-order valence-electron chi connectivity index (χ4n) is 2.62. The lowest BCUT2D eigenvalue weighted by molar-refractivity contribution is -0.384. The third-order valence-corrected chi connectivity index (χ3v) is 3.75. The number of nitrogens with one attached hydrogen (secondary N) is 1. The number of hydrazone groups is 1. The van der Waals surface area contributed by atoms with Crippen LogP contribution in [0.1, 0.15) is 18.1 Å². The van der Waals surface area contributed by atoms with Crippen LogP contribution in [0.3, 0.4) is 0 Å². The molecule has 0 bridgehead atoms. The number of amides is 1. The van der Waals surface area contributed by atoms with Crippen LogP contribution < -0.4 is 5.43 Å². The Bertz CT molecular complexity index is 958. The first-order chi connectivity index (χ1) is 12.0. The number of rotatable bonds is 5. The van der Waals surface area contributed by atoms with E-state index in [2.05, 4.69) is 10.5 Å². The summed E-state index contributed by atoms with van der Waals surface area (Å²) in [5, 5.41) is 15.7. The van der Waals surface area contributed by atoms with Crippen molar-refractivity contribution in [2.45, 2.75) is 13.5 Å². The van der Waals surface area contributed by atoms with Crippen LogP contribution in [0.5, 0.6) is 0 Å². The molecule has 0 aliphatic carbocycles. The second-order valence-electron chi connectivity index (χ2n) is 5.58. The van der Waals surface area contributed by atoms with Crippen LogP contribution in [0.2, 0.25) is 0 Å². The molecule has 2 aromatic carbocycles. The van der Waals surface area contributed by atoms with Gasteiger partial charge in [-0.2, -0.15) is 5.10 Å². The van der Waals surface area contributed by atoms with E-state index in [0.29, 0.717) is 6.54 Å². The fourth-order valence-corrected chi connectivity index (χ4v) is 2.62.